The number of pyridine rings is 1. The lowest BCUT2D eigenvalue weighted by atomic mass is 9.79. The number of aromatic nitrogens is 1. The first-order valence-corrected chi connectivity index (χ1v) is 13.5. The Balaban J connectivity index is 1.06. The van der Waals surface area contributed by atoms with E-state index in [-0.39, 0.29) is 24.7 Å². The highest BCUT2D eigenvalue weighted by Crippen LogP contribution is 2.61. The van der Waals surface area contributed by atoms with Crippen LogP contribution < -0.4 is 10.6 Å². The maximum absolute atomic E-state index is 14.4. The lowest BCUT2D eigenvalue weighted by Crippen LogP contribution is -2.48. The average molecular weight is 528 g/mol. The second kappa shape index (κ2) is 10.6. The number of carbonyl (C=O) groups excluding carboxylic acids is 1. The molecule has 2 atom stereocenters. The van der Waals surface area contributed by atoms with Crippen LogP contribution in [0.4, 0.5) is 14.6 Å². The van der Waals surface area contributed by atoms with E-state index in [9.17, 15) is 23.5 Å². The topological polar surface area (TPSA) is 101 Å². The van der Waals surface area contributed by atoms with Gasteiger partial charge in [0.15, 0.2) is 0 Å². The van der Waals surface area contributed by atoms with Crippen LogP contribution in [0.5, 0.6) is 0 Å². The van der Waals surface area contributed by atoms with Crippen molar-refractivity contribution in [3.05, 3.63) is 58.8 Å². The molecule has 38 heavy (non-hydrogen) atoms. The van der Waals surface area contributed by atoms with Gasteiger partial charge in [0.25, 0.3) is 5.92 Å². The van der Waals surface area contributed by atoms with Crippen molar-refractivity contribution in [3.8, 4) is 0 Å². The van der Waals surface area contributed by atoms with Crippen LogP contribution in [0.2, 0.25) is 0 Å². The lowest BCUT2D eigenvalue weighted by molar-refractivity contribution is -0.143. The SMILES string of the molecule is Cc1cccc(C2(C(=O)N[C@@H](CCO[C@H]3C[C@H](CCc4ccc5c(n4)NCCC5)C3)C(=O)O)CC2(F)F)c1. The fourth-order valence-electron chi connectivity index (χ4n) is 5.69. The van der Waals surface area contributed by atoms with Crippen LogP contribution in [0.25, 0.3) is 0 Å². The number of amides is 1. The van der Waals surface area contributed by atoms with Gasteiger partial charge >= 0.3 is 5.97 Å². The van der Waals surface area contributed by atoms with E-state index in [1.54, 1.807) is 25.1 Å². The summed E-state index contributed by atoms with van der Waals surface area (Å²) in [6.07, 6.45) is 5.39. The van der Waals surface area contributed by atoms with E-state index in [0.29, 0.717) is 5.92 Å². The largest absolute Gasteiger partial charge is 0.480 e. The molecule has 0 spiro atoms. The zero-order chi connectivity index (χ0) is 26.9. The van der Waals surface area contributed by atoms with Gasteiger partial charge in [-0.2, -0.15) is 0 Å². The Kier molecular flexibility index (Phi) is 7.40. The van der Waals surface area contributed by atoms with Gasteiger partial charge in [-0.3, -0.25) is 4.79 Å². The lowest BCUT2D eigenvalue weighted by Gasteiger charge is -2.35. The summed E-state index contributed by atoms with van der Waals surface area (Å²) >= 11 is 0. The summed E-state index contributed by atoms with van der Waals surface area (Å²) in [5.74, 6) is -3.87. The van der Waals surface area contributed by atoms with Crippen LogP contribution in [-0.4, -0.2) is 53.2 Å². The summed E-state index contributed by atoms with van der Waals surface area (Å²) in [7, 11) is 0. The van der Waals surface area contributed by atoms with Crippen molar-refractivity contribution < 1.29 is 28.2 Å². The Morgan fingerprint density at radius 1 is 1.26 bits per heavy atom. The van der Waals surface area contributed by atoms with Crippen LogP contribution in [-0.2, 0) is 32.6 Å². The van der Waals surface area contributed by atoms with Gasteiger partial charge in [-0.1, -0.05) is 35.9 Å². The van der Waals surface area contributed by atoms with Gasteiger partial charge in [-0.25, -0.2) is 18.6 Å². The van der Waals surface area contributed by atoms with Crippen molar-refractivity contribution in [2.24, 2.45) is 5.92 Å². The number of nitrogens with one attached hydrogen (secondary N) is 2. The molecule has 1 unspecified atom stereocenters. The molecule has 3 aliphatic rings. The number of anilines is 1. The van der Waals surface area contributed by atoms with Gasteiger partial charge in [0.1, 0.15) is 17.3 Å². The molecule has 2 saturated carbocycles. The summed E-state index contributed by atoms with van der Waals surface area (Å²) in [6, 6.07) is 9.44. The van der Waals surface area contributed by atoms with E-state index in [1.165, 1.54) is 11.6 Å². The molecular weight excluding hydrogens is 492 g/mol. The molecular formula is C29H35F2N3O4. The Hall–Kier alpha value is -3.07. The summed E-state index contributed by atoms with van der Waals surface area (Å²) in [5, 5.41) is 15.3. The zero-order valence-corrected chi connectivity index (χ0v) is 21.6. The molecule has 1 aromatic heterocycles. The van der Waals surface area contributed by atoms with Crippen molar-refractivity contribution >= 4 is 17.7 Å². The molecule has 0 saturated heterocycles. The van der Waals surface area contributed by atoms with Gasteiger partial charge in [0.2, 0.25) is 5.91 Å². The molecule has 0 radical (unpaired) electrons. The molecule has 2 fully saturated rings. The molecule has 5 rings (SSSR count). The highest BCUT2D eigenvalue weighted by atomic mass is 19.3. The van der Waals surface area contributed by atoms with Gasteiger partial charge in [-0.05, 0) is 68.6 Å². The van der Waals surface area contributed by atoms with E-state index in [0.717, 1.165) is 62.1 Å². The Bertz CT molecular complexity index is 1200. The van der Waals surface area contributed by atoms with E-state index in [4.69, 9.17) is 9.72 Å². The van der Waals surface area contributed by atoms with Crippen LogP contribution >= 0.6 is 0 Å². The molecule has 2 heterocycles. The van der Waals surface area contributed by atoms with Gasteiger partial charge in [-0.15, -0.1) is 0 Å². The zero-order valence-electron chi connectivity index (χ0n) is 21.6. The van der Waals surface area contributed by atoms with Crippen LogP contribution in [0.1, 0.15) is 60.9 Å². The fourth-order valence-corrected chi connectivity index (χ4v) is 5.69. The Labute approximate surface area is 221 Å². The minimum Gasteiger partial charge on any atom is -0.480 e. The molecule has 1 aliphatic heterocycles. The number of carbonyl (C=O) groups is 2. The minimum absolute atomic E-state index is 0.0176. The number of carboxylic acids is 1. The Morgan fingerprint density at radius 2 is 2.05 bits per heavy atom. The minimum atomic E-state index is -3.21. The second-order valence-electron chi connectivity index (χ2n) is 11.0. The maximum Gasteiger partial charge on any atom is 0.326 e. The number of nitrogens with zero attached hydrogens (tertiary/aromatic N) is 1. The molecule has 1 aromatic carbocycles. The van der Waals surface area contributed by atoms with Crippen LogP contribution in [0, 0.1) is 12.8 Å². The van der Waals surface area contributed by atoms with Crippen molar-refractivity contribution in [1.29, 1.82) is 0 Å². The number of ether oxygens (including phenoxy) is 1. The standard InChI is InChI=1S/C29H35F2N3O4/c1-18-4-2-6-21(14-18)28(17-29(28,30)31)27(37)34-24(26(35)36)11-13-38-23-15-19(16-23)7-9-22-10-8-20-5-3-12-32-25(20)33-22/h2,4,6,8,10,14,19,23-24H,3,5,7,9,11-13,15-17H2,1H3,(H,32,33)(H,34,37)(H,35,36)/t19-,23-,24-,28?/m0/s1. The van der Waals surface area contributed by atoms with Gasteiger partial charge in [0, 0.05) is 31.7 Å². The van der Waals surface area contributed by atoms with E-state index in [2.05, 4.69) is 22.8 Å². The molecule has 2 aliphatic carbocycles. The third-order valence-electron chi connectivity index (χ3n) is 8.20. The number of aryl methyl sites for hydroxylation is 3. The van der Waals surface area contributed by atoms with Crippen molar-refractivity contribution in [2.75, 3.05) is 18.5 Å². The monoisotopic (exact) mass is 527 g/mol. The summed E-state index contributed by atoms with van der Waals surface area (Å²) < 4.78 is 34.7. The third-order valence-corrected chi connectivity index (χ3v) is 8.20. The number of hydrogen-bond acceptors (Lipinski definition) is 5. The third kappa shape index (κ3) is 5.39. The molecule has 3 N–H and O–H groups in total. The fraction of sp³-hybridized carbons (Fsp3) is 0.552. The molecule has 1 amide bonds. The highest BCUT2D eigenvalue weighted by molar-refractivity contribution is 5.96. The van der Waals surface area contributed by atoms with E-state index in [1.807, 2.05) is 0 Å². The molecule has 2 aromatic rings. The summed E-state index contributed by atoms with van der Waals surface area (Å²) in [4.78, 5) is 29.5. The smallest absolute Gasteiger partial charge is 0.326 e. The van der Waals surface area contributed by atoms with Crippen molar-refractivity contribution in [3.63, 3.8) is 0 Å². The number of rotatable bonds is 11. The maximum atomic E-state index is 14.4. The van der Waals surface area contributed by atoms with E-state index < -0.39 is 35.7 Å². The molecule has 7 nitrogen and oxygen atoms in total. The van der Waals surface area contributed by atoms with Gasteiger partial charge in [0.05, 0.1) is 6.10 Å². The number of alkyl halides is 2. The number of carboxylic acid groups (broad SMARTS) is 1. The van der Waals surface area contributed by atoms with Crippen LogP contribution in [0.15, 0.2) is 36.4 Å². The van der Waals surface area contributed by atoms with Crippen molar-refractivity contribution in [1.82, 2.24) is 10.3 Å². The summed E-state index contributed by atoms with van der Waals surface area (Å²) in [5.41, 5.74) is 1.33. The molecule has 9 heteroatoms. The normalized spacial score (nSPS) is 25.9. The summed E-state index contributed by atoms with van der Waals surface area (Å²) in [6.45, 7) is 2.87. The van der Waals surface area contributed by atoms with Crippen molar-refractivity contribution in [2.45, 2.75) is 81.8 Å². The number of benzene rings is 1. The number of hydrogen-bond donors (Lipinski definition) is 3. The number of aliphatic carboxylic acids is 1. The number of halogens is 2. The molecule has 0 bridgehead atoms. The Morgan fingerprint density at radius 3 is 2.76 bits per heavy atom. The average Bonchev–Trinajstić information content (AvgIpc) is 3.47. The second-order valence-corrected chi connectivity index (χ2v) is 11.0. The highest BCUT2D eigenvalue weighted by Gasteiger charge is 2.76. The predicted octanol–water partition coefficient (Wildman–Crippen LogP) is 4.41. The number of fused-ring (bicyclic) bond motifs is 1. The molecule has 204 valence electrons. The first-order valence-electron chi connectivity index (χ1n) is 13.5. The van der Waals surface area contributed by atoms with E-state index >= 15 is 0 Å². The first kappa shape index (κ1) is 26.5. The van der Waals surface area contributed by atoms with Crippen LogP contribution in [0.3, 0.4) is 0 Å². The van der Waals surface area contributed by atoms with Gasteiger partial charge < -0.3 is 20.5 Å². The first-order chi connectivity index (χ1) is 18.2. The predicted molar refractivity (Wildman–Crippen MR) is 138 cm³/mol. The quantitative estimate of drug-likeness (QED) is 0.400.